The molecule has 0 aliphatic carbocycles. The zero-order valence-corrected chi connectivity index (χ0v) is 8.43. The lowest BCUT2D eigenvalue weighted by Crippen LogP contribution is -2.34. The van der Waals surface area contributed by atoms with E-state index in [0.29, 0.717) is 0 Å². The molecule has 0 aliphatic rings. The number of anilines is 1. The fraction of sp³-hybridized carbons (Fsp3) is 0.333. The van der Waals surface area contributed by atoms with Crippen LogP contribution in [0.25, 0.3) is 0 Å². The monoisotopic (exact) mass is 233 g/mol. The number of carbonyl (C=O) groups is 1. The van der Waals surface area contributed by atoms with E-state index >= 15 is 0 Å². The first kappa shape index (κ1) is 12.3. The van der Waals surface area contributed by atoms with Crippen LogP contribution in [0, 0.1) is 0 Å². The lowest BCUT2D eigenvalue weighted by molar-refractivity contribution is -0.123. The van der Waals surface area contributed by atoms with Crippen LogP contribution >= 0.6 is 0 Å². The molecule has 0 atom stereocenters. The molecule has 0 bridgehead atoms. The topological polar surface area (TPSA) is 54.0 Å². The van der Waals surface area contributed by atoms with E-state index in [-0.39, 0.29) is 11.4 Å². The highest BCUT2D eigenvalue weighted by molar-refractivity contribution is 5.98. The van der Waals surface area contributed by atoms with Crippen molar-refractivity contribution in [3.8, 4) is 0 Å². The number of nitrogens with zero attached hydrogens (tertiary/aromatic N) is 1. The zero-order chi connectivity index (χ0) is 12.2. The molecule has 1 aromatic rings. The fourth-order valence-electron chi connectivity index (χ4n) is 1.06. The summed E-state index contributed by atoms with van der Waals surface area (Å²) in [7, 11) is 1.53. The van der Waals surface area contributed by atoms with Crippen LogP contribution < -0.4 is 10.6 Å². The summed E-state index contributed by atoms with van der Waals surface area (Å²) < 4.78 is 35.6. The summed E-state index contributed by atoms with van der Waals surface area (Å²) in [5, 5.41) is 4.39. The average molecular weight is 233 g/mol. The van der Waals surface area contributed by atoms with Crippen molar-refractivity contribution in [2.24, 2.45) is 0 Å². The van der Waals surface area contributed by atoms with Gasteiger partial charge in [0.2, 0.25) is 0 Å². The molecule has 1 amide bonds. The summed E-state index contributed by atoms with van der Waals surface area (Å²) in [4.78, 5) is 15.2. The third-order valence-corrected chi connectivity index (χ3v) is 1.74. The standard InChI is InChI=1S/C9H10F3N3O/c1-13-7-6(3-2-4-14-7)8(16)15-5-9(10,11)12/h2-4H,5H2,1H3,(H,13,14)(H,15,16). The fourth-order valence-corrected chi connectivity index (χ4v) is 1.06. The maximum absolute atomic E-state index is 11.9. The predicted molar refractivity (Wildman–Crippen MR) is 52.2 cm³/mol. The Balaban J connectivity index is 2.73. The van der Waals surface area contributed by atoms with Crippen LogP contribution in [0.4, 0.5) is 19.0 Å². The Hall–Kier alpha value is -1.79. The summed E-state index contributed by atoms with van der Waals surface area (Å²) in [5.74, 6) is -0.572. The highest BCUT2D eigenvalue weighted by atomic mass is 19.4. The molecule has 16 heavy (non-hydrogen) atoms. The van der Waals surface area contributed by atoms with Crippen molar-refractivity contribution in [2.45, 2.75) is 6.18 Å². The molecule has 0 unspecified atom stereocenters. The minimum Gasteiger partial charge on any atom is -0.372 e. The van der Waals surface area contributed by atoms with Crippen LogP contribution in [0.3, 0.4) is 0 Å². The van der Waals surface area contributed by atoms with Gasteiger partial charge in [-0.05, 0) is 12.1 Å². The van der Waals surface area contributed by atoms with Crippen molar-refractivity contribution in [1.29, 1.82) is 0 Å². The lowest BCUT2D eigenvalue weighted by atomic mass is 10.2. The molecule has 4 nitrogen and oxygen atoms in total. The summed E-state index contributed by atoms with van der Waals surface area (Å²) in [6.07, 6.45) is -2.98. The van der Waals surface area contributed by atoms with E-state index < -0.39 is 18.6 Å². The van der Waals surface area contributed by atoms with Crippen LogP contribution in [0.15, 0.2) is 18.3 Å². The van der Waals surface area contributed by atoms with Crippen molar-refractivity contribution in [3.63, 3.8) is 0 Å². The molecule has 2 N–H and O–H groups in total. The summed E-state index contributed by atoms with van der Waals surface area (Å²) >= 11 is 0. The Kier molecular flexibility index (Phi) is 3.70. The third-order valence-electron chi connectivity index (χ3n) is 1.74. The molecule has 88 valence electrons. The predicted octanol–water partition coefficient (Wildman–Crippen LogP) is 1.42. The van der Waals surface area contributed by atoms with Gasteiger partial charge in [-0.25, -0.2) is 4.98 Å². The average Bonchev–Trinajstić information content (AvgIpc) is 2.25. The minimum absolute atomic E-state index is 0.0780. The zero-order valence-electron chi connectivity index (χ0n) is 8.43. The molecule has 0 aromatic carbocycles. The number of carbonyl (C=O) groups excluding carboxylic acids is 1. The molecule has 0 saturated heterocycles. The molecule has 7 heteroatoms. The second-order valence-electron chi connectivity index (χ2n) is 2.95. The molecular formula is C9H10F3N3O. The van der Waals surface area contributed by atoms with E-state index in [0.717, 1.165) is 0 Å². The first-order chi connectivity index (χ1) is 7.44. The number of nitrogens with one attached hydrogen (secondary N) is 2. The van der Waals surface area contributed by atoms with Gasteiger partial charge in [-0.1, -0.05) is 0 Å². The van der Waals surface area contributed by atoms with E-state index in [1.54, 1.807) is 5.32 Å². The molecule has 1 rings (SSSR count). The van der Waals surface area contributed by atoms with E-state index in [2.05, 4.69) is 10.3 Å². The Bertz CT molecular complexity index is 379. The summed E-state index contributed by atoms with van der Waals surface area (Å²) in [6, 6.07) is 2.87. The van der Waals surface area contributed by atoms with Crippen molar-refractivity contribution in [1.82, 2.24) is 10.3 Å². The van der Waals surface area contributed by atoms with Gasteiger partial charge in [-0.15, -0.1) is 0 Å². The molecule has 0 aliphatic heterocycles. The van der Waals surface area contributed by atoms with Gasteiger partial charge in [0.15, 0.2) is 0 Å². The molecule has 0 spiro atoms. The van der Waals surface area contributed by atoms with E-state index in [1.807, 2.05) is 0 Å². The van der Waals surface area contributed by atoms with Gasteiger partial charge in [0.1, 0.15) is 12.4 Å². The normalized spacial score (nSPS) is 11.0. The maximum Gasteiger partial charge on any atom is 0.405 e. The SMILES string of the molecule is CNc1ncccc1C(=O)NCC(F)(F)F. The Morgan fingerprint density at radius 2 is 2.19 bits per heavy atom. The molecule has 1 heterocycles. The van der Waals surface area contributed by atoms with Crippen molar-refractivity contribution >= 4 is 11.7 Å². The smallest absolute Gasteiger partial charge is 0.372 e. The Morgan fingerprint density at radius 3 is 2.75 bits per heavy atom. The van der Waals surface area contributed by atoms with Crippen molar-refractivity contribution < 1.29 is 18.0 Å². The second-order valence-corrected chi connectivity index (χ2v) is 2.95. The number of alkyl halides is 3. The van der Waals surface area contributed by atoms with Crippen LogP contribution in [0.5, 0.6) is 0 Å². The first-order valence-corrected chi connectivity index (χ1v) is 4.42. The quantitative estimate of drug-likeness (QED) is 0.830. The largest absolute Gasteiger partial charge is 0.405 e. The van der Waals surface area contributed by atoms with Gasteiger partial charge in [0, 0.05) is 13.2 Å². The third kappa shape index (κ3) is 3.41. The van der Waals surface area contributed by atoms with Gasteiger partial charge in [0.05, 0.1) is 5.56 Å². The van der Waals surface area contributed by atoms with Crippen LogP contribution in [0.1, 0.15) is 10.4 Å². The number of hydrogen-bond acceptors (Lipinski definition) is 3. The summed E-state index contributed by atoms with van der Waals surface area (Å²) in [6.45, 7) is -1.36. The van der Waals surface area contributed by atoms with E-state index in [1.165, 1.54) is 25.4 Å². The maximum atomic E-state index is 11.9. The number of pyridine rings is 1. The first-order valence-electron chi connectivity index (χ1n) is 4.42. The highest BCUT2D eigenvalue weighted by Gasteiger charge is 2.28. The molecular weight excluding hydrogens is 223 g/mol. The highest BCUT2D eigenvalue weighted by Crippen LogP contribution is 2.14. The number of hydrogen-bond donors (Lipinski definition) is 2. The molecule has 0 radical (unpaired) electrons. The molecule has 0 saturated carbocycles. The van der Waals surface area contributed by atoms with E-state index in [9.17, 15) is 18.0 Å². The number of rotatable bonds is 3. The van der Waals surface area contributed by atoms with Gasteiger partial charge < -0.3 is 10.6 Å². The molecule has 1 aromatic heterocycles. The second kappa shape index (κ2) is 4.82. The van der Waals surface area contributed by atoms with Gasteiger partial charge >= 0.3 is 6.18 Å². The van der Waals surface area contributed by atoms with Crippen molar-refractivity contribution in [3.05, 3.63) is 23.9 Å². The van der Waals surface area contributed by atoms with E-state index in [4.69, 9.17) is 0 Å². The van der Waals surface area contributed by atoms with Gasteiger partial charge in [-0.3, -0.25) is 4.79 Å². The van der Waals surface area contributed by atoms with Crippen molar-refractivity contribution in [2.75, 3.05) is 18.9 Å². The summed E-state index contributed by atoms with van der Waals surface area (Å²) in [5.41, 5.74) is 0.0780. The van der Waals surface area contributed by atoms with Gasteiger partial charge in [0.25, 0.3) is 5.91 Å². The Morgan fingerprint density at radius 1 is 1.50 bits per heavy atom. The van der Waals surface area contributed by atoms with Gasteiger partial charge in [-0.2, -0.15) is 13.2 Å². The minimum atomic E-state index is -4.42. The lowest BCUT2D eigenvalue weighted by Gasteiger charge is -2.10. The number of amides is 1. The van der Waals surface area contributed by atoms with Crippen LogP contribution in [0.2, 0.25) is 0 Å². The number of halogens is 3. The van der Waals surface area contributed by atoms with Crippen LogP contribution in [-0.2, 0) is 0 Å². The number of aromatic nitrogens is 1. The van der Waals surface area contributed by atoms with Crippen LogP contribution in [-0.4, -0.2) is 30.7 Å². The Labute approximate surface area is 89.9 Å². The molecule has 0 fully saturated rings.